The van der Waals surface area contributed by atoms with E-state index < -0.39 is 0 Å². The van der Waals surface area contributed by atoms with Crippen molar-refractivity contribution in [1.29, 1.82) is 0 Å². The maximum Gasteiger partial charge on any atom is 0.192 e. The van der Waals surface area contributed by atoms with Gasteiger partial charge in [0.05, 0.1) is 0 Å². The molecule has 20 heavy (non-hydrogen) atoms. The van der Waals surface area contributed by atoms with Crippen molar-refractivity contribution in [3.63, 3.8) is 0 Å². The highest BCUT2D eigenvalue weighted by Crippen LogP contribution is 2.20. The fourth-order valence-corrected chi connectivity index (χ4v) is 2.10. The molecule has 1 aliphatic rings. The minimum atomic E-state index is 0.371. The van der Waals surface area contributed by atoms with Crippen molar-refractivity contribution in [3.8, 4) is 0 Å². The third-order valence-corrected chi connectivity index (χ3v) is 3.21. The first kappa shape index (κ1) is 13.0. The molecule has 0 bridgehead atoms. The lowest BCUT2D eigenvalue weighted by molar-refractivity contribution is 0.550. The van der Waals surface area contributed by atoms with Gasteiger partial charge < -0.3 is 15.1 Å². The van der Waals surface area contributed by atoms with E-state index in [1.165, 1.54) is 12.8 Å². The van der Waals surface area contributed by atoms with Gasteiger partial charge >= 0.3 is 0 Å². The molecule has 0 unspecified atom stereocenters. The molecule has 3 rings (SSSR count). The Kier molecular flexibility index (Phi) is 3.63. The van der Waals surface area contributed by atoms with Gasteiger partial charge in [-0.15, -0.1) is 0 Å². The number of furan rings is 1. The van der Waals surface area contributed by atoms with Crippen LogP contribution in [0.2, 0.25) is 0 Å². The summed E-state index contributed by atoms with van der Waals surface area (Å²) in [6.07, 6.45) is 2.48. The number of guanidine groups is 1. The summed E-state index contributed by atoms with van der Waals surface area (Å²) in [6, 6.07) is 11.1. The quantitative estimate of drug-likeness (QED) is 0.664. The summed E-state index contributed by atoms with van der Waals surface area (Å²) in [7, 11) is 0. The predicted molar refractivity (Wildman–Crippen MR) is 81.8 cm³/mol. The summed E-state index contributed by atoms with van der Waals surface area (Å²) in [6.45, 7) is 4.79. The number of nitrogens with one attached hydrogen (secondary N) is 2. The number of hydrogen-bond donors (Lipinski definition) is 2. The van der Waals surface area contributed by atoms with E-state index in [2.05, 4.69) is 41.6 Å². The van der Waals surface area contributed by atoms with Crippen LogP contribution in [0.25, 0.3) is 11.0 Å². The Morgan fingerprint density at radius 1 is 1.35 bits per heavy atom. The second-order valence-electron chi connectivity index (χ2n) is 5.63. The van der Waals surface area contributed by atoms with Gasteiger partial charge in [-0.25, -0.2) is 4.99 Å². The van der Waals surface area contributed by atoms with E-state index in [9.17, 15) is 0 Å². The smallest absolute Gasteiger partial charge is 0.192 e. The SMILES string of the molecule is CC(C)NC(=NCc1cc2ccccc2o1)NC1CC1. The topological polar surface area (TPSA) is 49.6 Å². The molecule has 1 fully saturated rings. The lowest BCUT2D eigenvalue weighted by atomic mass is 10.2. The number of para-hydroxylation sites is 1. The summed E-state index contributed by atoms with van der Waals surface area (Å²) in [5.41, 5.74) is 0.922. The van der Waals surface area contributed by atoms with Crippen molar-refractivity contribution in [2.45, 2.75) is 45.3 Å². The molecule has 1 aromatic heterocycles. The maximum absolute atomic E-state index is 5.78. The molecule has 2 aromatic rings. The van der Waals surface area contributed by atoms with Crippen molar-refractivity contribution in [2.24, 2.45) is 4.99 Å². The van der Waals surface area contributed by atoms with Crippen molar-refractivity contribution >= 4 is 16.9 Å². The number of benzene rings is 1. The predicted octanol–water partition coefficient (Wildman–Crippen LogP) is 3.04. The molecular weight excluding hydrogens is 250 g/mol. The Bertz CT molecular complexity index is 572. The molecule has 0 radical (unpaired) electrons. The highest BCUT2D eigenvalue weighted by molar-refractivity contribution is 5.81. The van der Waals surface area contributed by atoms with Gasteiger partial charge in [0.1, 0.15) is 17.9 Å². The summed E-state index contributed by atoms with van der Waals surface area (Å²) in [5, 5.41) is 7.91. The van der Waals surface area contributed by atoms with Crippen LogP contribution in [0, 0.1) is 0 Å². The molecule has 0 spiro atoms. The van der Waals surface area contributed by atoms with Gasteiger partial charge in [0.2, 0.25) is 0 Å². The van der Waals surface area contributed by atoms with Gasteiger partial charge in [-0.05, 0) is 38.8 Å². The molecule has 1 heterocycles. The third kappa shape index (κ3) is 3.32. The molecule has 0 saturated heterocycles. The first-order valence-electron chi connectivity index (χ1n) is 7.25. The van der Waals surface area contributed by atoms with E-state index in [-0.39, 0.29) is 0 Å². The van der Waals surface area contributed by atoms with Crippen LogP contribution < -0.4 is 10.6 Å². The molecule has 0 atom stereocenters. The van der Waals surface area contributed by atoms with E-state index >= 15 is 0 Å². The average molecular weight is 271 g/mol. The second-order valence-corrected chi connectivity index (χ2v) is 5.63. The Morgan fingerprint density at radius 3 is 2.85 bits per heavy atom. The van der Waals surface area contributed by atoms with E-state index in [1.54, 1.807) is 0 Å². The van der Waals surface area contributed by atoms with E-state index in [0.29, 0.717) is 18.6 Å². The van der Waals surface area contributed by atoms with Crippen molar-refractivity contribution in [3.05, 3.63) is 36.1 Å². The van der Waals surface area contributed by atoms with Crippen molar-refractivity contribution in [2.75, 3.05) is 0 Å². The summed E-state index contributed by atoms with van der Waals surface area (Å²) in [4.78, 5) is 4.61. The van der Waals surface area contributed by atoms with Crippen LogP contribution in [-0.4, -0.2) is 18.0 Å². The maximum atomic E-state index is 5.78. The molecular formula is C16H21N3O. The van der Waals surface area contributed by atoms with Crippen LogP contribution in [0.15, 0.2) is 39.7 Å². The molecule has 1 aromatic carbocycles. The summed E-state index contributed by atoms with van der Waals surface area (Å²) in [5.74, 6) is 1.77. The van der Waals surface area contributed by atoms with Gasteiger partial charge in [0, 0.05) is 17.5 Å². The fourth-order valence-electron chi connectivity index (χ4n) is 2.10. The largest absolute Gasteiger partial charge is 0.459 e. The minimum absolute atomic E-state index is 0.371. The molecule has 1 saturated carbocycles. The number of rotatable bonds is 4. The Labute approximate surface area is 119 Å². The van der Waals surface area contributed by atoms with Gasteiger partial charge in [0.25, 0.3) is 0 Å². The second kappa shape index (κ2) is 5.57. The summed E-state index contributed by atoms with van der Waals surface area (Å²) >= 11 is 0. The Balaban J connectivity index is 1.71. The first-order valence-corrected chi connectivity index (χ1v) is 7.25. The highest BCUT2D eigenvalue weighted by Gasteiger charge is 2.22. The highest BCUT2D eigenvalue weighted by atomic mass is 16.3. The Morgan fingerprint density at radius 2 is 2.15 bits per heavy atom. The van der Waals surface area contributed by atoms with Gasteiger partial charge in [-0.1, -0.05) is 18.2 Å². The van der Waals surface area contributed by atoms with Crippen LogP contribution in [0.4, 0.5) is 0 Å². The first-order chi connectivity index (χ1) is 9.70. The monoisotopic (exact) mass is 271 g/mol. The van der Waals surface area contributed by atoms with Gasteiger partial charge in [-0.3, -0.25) is 0 Å². The molecule has 106 valence electrons. The normalized spacial score (nSPS) is 15.8. The third-order valence-electron chi connectivity index (χ3n) is 3.21. The molecule has 4 nitrogen and oxygen atoms in total. The van der Waals surface area contributed by atoms with E-state index in [0.717, 1.165) is 22.7 Å². The van der Waals surface area contributed by atoms with Crippen LogP contribution in [0.1, 0.15) is 32.4 Å². The fraction of sp³-hybridized carbons (Fsp3) is 0.438. The van der Waals surface area contributed by atoms with Gasteiger partial charge in [0.15, 0.2) is 5.96 Å². The zero-order valence-corrected chi connectivity index (χ0v) is 12.0. The number of hydrogen-bond acceptors (Lipinski definition) is 2. The van der Waals surface area contributed by atoms with Gasteiger partial charge in [-0.2, -0.15) is 0 Å². The van der Waals surface area contributed by atoms with Crippen LogP contribution >= 0.6 is 0 Å². The standard InChI is InChI=1S/C16H21N3O/c1-11(2)18-16(19-13-7-8-13)17-10-14-9-12-5-3-4-6-15(12)20-14/h3-6,9,11,13H,7-8,10H2,1-2H3,(H2,17,18,19). The van der Waals surface area contributed by atoms with Crippen LogP contribution in [-0.2, 0) is 6.54 Å². The molecule has 2 N–H and O–H groups in total. The lowest BCUT2D eigenvalue weighted by Gasteiger charge is -2.14. The molecule has 1 aliphatic carbocycles. The number of nitrogens with zero attached hydrogens (tertiary/aromatic N) is 1. The van der Waals surface area contributed by atoms with Crippen molar-refractivity contribution in [1.82, 2.24) is 10.6 Å². The molecule has 0 aliphatic heterocycles. The molecule has 0 amide bonds. The van der Waals surface area contributed by atoms with Crippen LogP contribution in [0.5, 0.6) is 0 Å². The molecule has 4 heteroatoms. The zero-order chi connectivity index (χ0) is 13.9. The van der Waals surface area contributed by atoms with E-state index in [1.807, 2.05) is 18.2 Å². The van der Waals surface area contributed by atoms with Crippen LogP contribution in [0.3, 0.4) is 0 Å². The average Bonchev–Trinajstić information content (AvgIpc) is 3.12. The Hall–Kier alpha value is -1.97. The minimum Gasteiger partial charge on any atom is -0.459 e. The number of aliphatic imine (C=N–C) groups is 1. The van der Waals surface area contributed by atoms with Crippen molar-refractivity contribution < 1.29 is 4.42 Å². The lowest BCUT2D eigenvalue weighted by Crippen LogP contribution is -2.42. The zero-order valence-electron chi connectivity index (χ0n) is 12.0. The number of fused-ring (bicyclic) bond motifs is 1. The summed E-state index contributed by atoms with van der Waals surface area (Å²) < 4.78 is 5.78. The van der Waals surface area contributed by atoms with E-state index in [4.69, 9.17) is 4.42 Å².